The summed E-state index contributed by atoms with van der Waals surface area (Å²) in [6.07, 6.45) is 0. The number of nitrogens with one attached hydrogen (secondary N) is 1. The molecule has 0 radical (unpaired) electrons. The molecule has 1 atom stereocenters. The molecule has 1 fully saturated rings. The van der Waals surface area contributed by atoms with Crippen LogP contribution < -0.4 is 10.1 Å². The lowest BCUT2D eigenvalue weighted by molar-refractivity contribution is 0.0332. The van der Waals surface area contributed by atoms with E-state index in [0.29, 0.717) is 11.3 Å². The van der Waals surface area contributed by atoms with Crippen molar-refractivity contribution in [1.82, 2.24) is 10.2 Å². The van der Waals surface area contributed by atoms with Gasteiger partial charge in [-0.25, -0.2) is 0 Å². The second-order valence-corrected chi connectivity index (χ2v) is 6.58. The van der Waals surface area contributed by atoms with E-state index in [9.17, 15) is 4.79 Å². The number of amides is 1. The molecule has 2 aromatic rings. The van der Waals surface area contributed by atoms with E-state index in [1.54, 1.807) is 19.2 Å². The van der Waals surface area contributed by atoms with Gasteiger partial charge in [-0.15, -0.1) is 0 Å². The first-order valence-electron chi connectivity index (χ1n) is 8.97. The third-order valence-corrected chi connectivity index (χ3v) is 4.66. The van der Waals surface area contributed by atoms with Crippen LogP contribution in [0.15, 0.2) is 48.5 Å². The zero-order valence-electron chi connectivity index (χ0n) is 15.4. The van der Waals surface area contributed by atoms with Crippen molar-refractivity contribution in [2.75, 3.05) is 40.0 Å². The standard InChI is InChI=1S/C21H26N2O3/c1-16-6-8-17(9-7-16)20(15-23-10-12-26-13-11-23)22-21(24)18-4-3-5-19(14-18)25-2/h3-9,14,20H,10-13,15H2,1-2H3,(H,22,24)/t20-/m1/s1. The molecule has 0 spiro atoms. The summed E-state index contributed by atoms with van der Waals surface area (Å²) in [4.78, 5) is 15.1. The molecule has 1 aliphatic heterocycles. The number of hydrogen-bond donors (Lipinski definition) is 1. The summed E-state index contributed by atoms with van der Waals surface area (Å²) >= 11 is 0. The van der Waals surface area contributed by atoms with Gasteiger partial charge in [-0.3, -0.25) is 9.69 Å². The largest absolute Gasteiger partial charge is 0.497 e. The molecule has 138 valence electrons. The van der Waals surface area contributed by atoms with Crippen molar-refractivity contribution >= 4 is 5.91 Å². The molecule has 0 saturated carbocycles. The van der Waals surface area contributed by atoms with Gasteiger partial charge >= 0.3 is 0 Å². The average Bonchev–Trinajstić information content (AvgIpc) is 2.69. The molecule has 1 heterocycles. The van der Waals surface area contributed by atoms with Crippen molar-refractivity contribution in [3.05, 3.63) is 65.2 Å². The Hall–Kier alpha value is -2.37. The fourth-order valence-electron chi connectivity index (χ4n) is 3.08. The molecular formula is C21H26N2O3. The van der Waals surface area contributed by atoms with Gasteiger partial charge < -0.3 is 14.8 Å². The zero-order chi connectivity index (χ0) is 18.4. The quantitative estimate of drug-likeness (QED) is 0.867. The van der Waals surface area contributed by atoms with Crippen molar-refractivity contribution < 1.29 is 14.3 Å². The topological polar surface area (TPSA) is 50.8 Å². The minimum Gasteiger partial charge on any atom is -0.497 e. The average molecular weight is 354 g/mol. The second-order valence-electron chi connectivity index (χ2n) is 6.58. The van der Waals surface area contributed by atoms with Crippen LogP contribution in [0.2, 0.25) is 0 Å². The first-order chi connectivity index (χ1) is 12.7. The highest BCUT2D eigenvalue weighted by Crippen LogP contribution is 2.19. The predicted molar refractivity (Wildman–Crippen MR) is 102 cm³/mol. The molecule has 1 amide bonds. The smallest absolute Gasteiger partial charge is 0.251 e. The van der Waals surface area contributed by atoms with Gasteiger partial charge in [0.1, 0.15) is 5.75 Å². The Morgan fingerprint density at radius 3 is 2.62 bits per heavy atom. The fourth-order valence-corrected chi connectivity index (χ4v) is 3.08. The van der Waals surface area contributed by atoms with Crippen LogP contribution in [0.5, 0.6) is 5.75 Å². The van der Waals surface area contributed by atoms with Crippen LogP contribution in [0.25, 0.3) is 0 Å². The maximum absolute atomic E-state index is 12.8. The Balaban J connectivity index is 1.77. The number of ether oxygens (including phenoxy) is 2. The molecular weight excluding hydrogens is 328 g/mol. The molecule has 5 nitrogen and oxygen atoms in total. The first kappa shape index (κ1) is 18.4. The Kier molecular flexibility index (Phi) is 6.26. The number of methoxy groups -OCH3 is 1. The summed E-state index contributed by atoms with van der Waals surface area (Å²) in [5.41, 5.74) is 2.92. The zero-order valence-corrected chi connectivity index (χ0v) is 15.4. The maximum atomic E-state index is 12.8. The van der Waals surface area contributed by atoms with Gasteiger partial charge in [0.25, 0.3) is 5.91 Å². The van der Waals surface area contributed by atoms with Crippen LogP contribution in [-0.4, -0.2) is 50.8 Å². The van der Waals surface area contributed by atoms with Crippen molar-refractivity contribution in [1.29, 1.82) is 0 Å². The SMILES string of the molecule is COc1cccc(C(=O)N[C@H](CN2CCOCC2)c2ccc(C)cc2)c1. The molecule has 0 bridgehead atoms. The molecule has 5 heteroatoms. The van der Waals surface area contributed by atoms with E-state index >= 15 is 0 Å². The van der Waals surface area contributed by atoms with Crippen molar-refractivity contribution in [3.8, 4) is 5.75 Å². The lowest BCUT2D eigenvalue weighted by atomic mass is 10.0. The maximum Gasteiger partial charge on any atom is 0.251 e. The number of carbonyl (C=O) groups is 1. The predicted octanol–water partition coefficient (Wildman–Crippen LogP) is 2.81. The first-order valence-corrected chi connectivity index (χ1v) is 8.97. The molecule has 1 N–H and O–H groups in total. The number of morpholine rings is 1. The van der Waals surface area contributed by atoms with E-state index < -0.39 is 0 Å². The van der Waals surface area contributed by atoms with Crippen LogP contribution in [0.1, 0.15) is 27.5 Å². The third kappa shape index (κ3) is 4.84. The van der Waals surface area contributed by atoms with Gasteiger partial charge in [0.2, 0.25) is 0 Å². The summed E-state index contributed by atoms with van der Waals surface area (Å²) in [7, 11) is 1.60. The third-order valence-electron chi connectivity index (χ3n) is 4.66. The molecule has 0 aliphatic carbocycles. The van der Waals surface area contributed by atoms with E-state index in [4.69, 9.17) is 9.47 Å². The van der Waals surface area contributed by atoms with Crippen molar-refractivity contribution in [2.45, 2.75) is 13.0 Å². The van der Waals surface area contributed by atoms with Crippen molar-refractivity contribution in [2.24, 2.45) is 0 Å². The van der Waals surface area contributed by atoms with E-state index in [0.717, 1.165) is 38.4 Å². The van der Waals surface area contributed by atoms with Crippen LogP contribution in [0, 0.1) is 6.92 Å². The number of hydrogen-bond acceptors (Lipinski definition) is 4. The summed E-state index contributed by atoms with van der Waals surface area (Å²) in [6, 6.07) is 15.5. The molecule has 1 saturated heterocycles. The van der Waals surface area contributed by atoms with Gasteiger partial charge in [0.15, 0.2) is 0 Å². The number of carbonyl (C=O) groups excluding carboxylic acids is 1. The van der Waals surface area contributed by atoms with E-state index in [2.05, 4.69) is 41.4 Å². The molecule has 1 aliphatic rings. The lowest BCUT2D eigenvalue weighted by Gasteiger charge is -2.31. The summed E-state index contributed by atoms with van der Waals surface area (Å²) < 4.78 is 10.7. The van der Waals surface area contributed by atoms with Gasteiger partial charge in [-0.05, 0) is 30.7 Å². The van der Waals surface area contributed by atoms with Gasteiger partial charge in [-0.1, -0.05) is 35.9 Å². The Morgan fingerprint density at radius 1 is 1.19 bits per heavy atom. The molecule has 0 unspecified atom stereocenters. The van der Waals surface area contributed by atoms with Crippen LogP contribution in [-0.2, 0) is 4.74 Å². The normalized spacial score (nSPS) is 16.1. The minimum atomic E-state index is -0.0947. The minimum absolute atomic E-state index is 0.0765. The van der Waals surface area contributed by atoms with Crippen LogP contribution in [0.3, 0.4) is 0 Å². The summed E-state index contributed by atoms with van der Waals surface area (Å²) in [5.74, 6) is 0.584. The highest BCUT2D eigenvalue weighted by Gasteiger charge is 2.21. The molecule has 26 heavy (non-hydrogen) atoms. The second kappa shape index (κ2) is 8.83. The monoisotopic (exact) mass is 354 g/mol. The number of benzene rings is 2. The van der Waals surface area contributed by atoms with Crippen LogP contribution >= 0.6 is 0 Å². The van der Waals surface area contributed by atoms with Crippen molar-refractivity contribution in [3.63, 3.8) is 0 Å². The van der Waals surface area contributed by atoms with E-state index in [1.807, 2.05) is 12.1 Å². The Bertz CT molecular complexity index is 724. The number of nitrogens with zero attached hydrogens (tertiary/aromatic N) is 1. The fraction of sp³-hybridized carbons (Fsp3) is 0.381. The van der Waals surface area contributed by atoms with Gasteiger partial charge in [-0.2, -0.15) is 0 Å². The summed E-state index contributed by atoms with van der Waals surface area (Å²) in [6.45, 7) is 6.08. The van der Waals surface area contributed by atoms with E-state index in [-0.39, 0.29) is 11.9 Å². The van der Waals surface area contributed by atoms with Gasteiger partial charge in [0, 0.05) is 25.2 Å². The molecule has 2 aromatic carbocycles. The Morgan fingerprint density at radius 2 is 1.92 bits per heavy atom. The molecule has 0 aromatic heterocycles. The highest BCUT2D eigenvalue weighted by molar-refractivity contribution is 5.94. The number of rotatable bonds is 6. The number of aryl methyl sites for hydroxylation is 1. The van der Waals surface area contributed by atoms with Gasteiger partial charge in [0.05, 0.1) is 26.4 Å². The van der Waals surface area contributed by atoms with Crippen LogP contribution in [0.4, 0.5) is 0 Å². The van der Waals surface area contributed by atoms with E-state index in [1.165, 1.54) is 5.56 Å². The Labute approximate surface area is 154 Å². The lowest BCUT2D eigenvalue weighted by Crippen LogP contribution is -2.43. The summed E-state index contributed by atoms with van der Waals surface area (Å²) in [5, 5.41) is 3.19. The molecule has 3 rings (SSSR count). The highest BCUT2D eigenvalue weighted by atomic mass is 16.5.